The van der Waals surface area contributed by atoms with Gasteiger partial charge < -0.3 is 31.4 Å². The topological polar surface area (TPSA) is 196 Å². The van der Waals surface area contributed by atoms with Gasteiger partial charge in [-0.25, -0.2) is 29.3 Å². The zero-order chi connectivity index (χ0) is 27.5. The Kier molecular flexibility index (Phi) is 10.8. The van der Waals surface area contributed by atoms with Crippen molar-refractivity contribution in [3.05, 3.63) is 58.1 Å². The number of rotatable bonds is 7. The zero-order valence-corrected chi connectivity index (χ0v) is 22.1. The van der Waals surface area contributed by atoms with Crippen molar-refractivity contribution in [2.45, 2.75) is 20.8 Å². The summed E-state index contributed by atoms with van der Waals surface area (Å²) < 4.78 is 15.2. The van der Waals surface area contributed by atoms with Gasteiger partial charge in [-0.05, 0) is 73.1 Å². The van der Waals surface area contributed by atoms with Gasteiger partial charge in [-0.1, -0.05) is 0 Å². The highest BCUT2D eigenvalue weighted by atomic mass is 79.9. The molecule has 6 N–H and O–H groups in total. The van der Waals surface area contributed by atoms with Crippen LogP contribution in [0.15, 0.2) is 41.0 Å². The second kappa shape index (κ2) is 13.7. The van der Waals surface area contributed by atoms with Crippen LogP contribution in [0.5, 0.6) is 0 Å². The molecule has 0 fully saturated rings. The molecule has 0 aromatic carbocycles. The summed E-state index contributed by atoms with van der Waals surface area (Å²) >= 11 is 3.14. The third-order valence-electron chi connectivity index (χ3n) is 4.41. The van der Waals surface area contributed by atoms with Crippen LogP contribution in [0.1, 0.15) is 52.2 Å². The van der Waals surface area contributed by atoms with E-state index in [2.05, 4.69) is 30.9 Å². The summed E-state index contributed by atoms with van der Waals surface area (Å²) in [7, 11) is 0. The van der Waals surface area contributed by atoms with Gasteiger partial charge in [0, 0.05) is 0 Å². The van der Waals surface area contributed by atoms with Crippen molar-refractivity contribution >= 4 is 50.9 Å². The molecule has 0 saturated heterocycles. The fourth-order valence-electron chi connectivity index (χ4n) is 2.76. The van der Waals surface area contributed by atoms with E-state index in [1.807, 2.05) is 0 Å². The van der Waals surface area contributed by atoms with Crippen LogP contribution in [0, 0.1) is 0 Å². The summed E-state index contributed by atoms with van der Waals surface area (Å²) in [6.07, 6.45) is 0. The Morgan fingerprint density at radius 3 is 1.30 bits per heavy atom. The molecule has 3 aromatic rings. The van der Waals surface area contributed by atoms with Crippen LogP contribution in [0.25, 0.3) is 11.4 Å². The van der Waals surface area contributed by atoms with Crippen LogP contribution in [0.4, 0.5) is 17.1 Å². The fraction of sp³-hybridized carbons (Fsp3) is 0.250. The number of hydrogen-bond acceptors (Lipinski definition) is 12. The monoisotopic (exact) mass is 574 g/mol. The van der Waals surface area contributed by atoms with Gasteiger partial charge >= 0.3 is 17.9 Å². The van der Waals surface area contributed by atoms with Crippen LogP contribution in [-0.4, -0.2) is 52.7 Å². The number of nitrogens with zero attached hydrogens (tertiary/aromatic N) is 3. The normalized spacial score (nSPS) is 10.1. The van der Waals surface area contributed by atoms with E-state index in [1.54, 1.807) is 45.0 Å². The molecule has 0 aliphatic carbocycles. The lowest BCUT2D eigenvalue weighted by Crippen LogP contribution is -2.12. The van der Waals surface area contributed by atoms with E-state index in [0.717, 1.165) is 0 Å². The van der Waals surface area contributed by atoms with Crippen molar-refractivity contribution in [3.8, 4) is 11.4 Å². The summed E-state index contributed by atoms with van der Waals surface area (Å²) in [5, 5.41) is 0. The van der Waals surface area contributed by atoms with Crippen molar-refractivity contribution in [2.75, 3.05) is 37.0 Å². The number of hydrogen-bond donors (Lipinski definition) is 3. The molecule has 13 heteroatoms. The van der Waals surface area contributed by atoms with E-state index < -0.39 is 17.9 Å². The van der Waals surface area contributed by atoms with Crippen molar-refractivity contribution in [1.29, 1.82) is 0 Å². The average Bonchev–Trinajstić information content (AvgIpc) is 2.87. The first-order valence-corrected chi connectivity index (χ1v) is 11.9. The highest BCUT2D eigenvalue weighted by Gasteiger charge is 2.18. The molecule has 0 aliphatic rings. The molecule has 0 bridgehead atoms. The Bertz CT molecular complexity index is 1220. The number of carbonyl (C=O) groups excluding carboxylic acids is 3. The van der Waals surface area contributed by atoms with Crippen LogP contribution in [-0.2, 0) is 14.2 Å². The lowest BCUT2D eigenvalue weighted by atomic mass is 10.2. The predicted molar refractivity (Wildman–Crippen MR) is 141 cm³/mol. The Hall–Kier alpha value is -4.26. The molecule has 0 amide bonds. The number of carbonyl (C=O) groups is 3. The highest BCUT2D eigenvalue weighted by molar-refractivity contribution is 9.10. The molecule has 3 heterocycles. The Morgan fingerprint density at radius 2 is 0.946 bits per heavy atom. The minimum absolute atomic E-state index is 0.00865. The molecule has 12 nitrogen and oxygen atoms in total. The first kappa shape index (κ1) is 29.0. The van der Waals surface area contributed by atoms with Crippen LogP contribution < -0.4 is 17.2 Å². The molecule has 0 saturated carbocycles. The average molecular weight is 575 g/mol. The molecule has 196 valence electrons. The SMILES string of the molecule is CCOC(=O)c1nc(-c2ccc(N)c(C(=O)OCC)n2)ccc1N.CCOC(=O)c1nc(Br)ccc1N. The molecule has 0 unspecified atom stereocenters. The van der Waals surface area contributed by atoms with E-state index in [-0.39, 0.29) is 41.7 Å². The maximum Gasteiger partial charge on any atom is 0.359 e. The zero-order valence-electron chi connectivity index (χ0n) is 20.5. The Labute approximate surface area is 221 Å². The lowest BCUT2D eigenvalue weighted by molar-refractivity contribution is 0.0511. The minimum atomic E-state index is -0.627. The van der Waals surface area contributed by atoms with E-state index in [0.29, 0.717) is 28.3 Å². The first-order chi connectivity index (χ1) is 17.6. The predicted octanol–water partition coefficient (Wildman–Crippen LogP) is 3.26. The molecular weight excluding hydrogens is 548 g/mol. The van der Waals surface area contributed by atoms with E-state index >= 15 is 0 Å². The molecule has 0 radical (unpaired) electrons. The van der Waals surface area contributed by atoms with Crippen LogP contribution in [0.3, 0.4) is 0 Å². The quantitative estimate of drug-likeness (QED) is 0.212. The lowest BCUT2D eigenvalue weighted by Gasteiger charge is -2.09. The van der Waals surface area contributed by atoms with Gasteiger partial charge in [0.05, 0.1) is 48.3 Å². The number of nitrogens with two attached hydrogens (primary N) is 3. The number of aromatic nitrogens is 3. The third kappa shape index (κ3) is 7.87. The number of nitrogen functional groups attached to an aromatic ring is 3. The van der Waals surface area contributed by atoms with Gasteiger partial charge in [-0.3, -0.25) is 0 Å². The van der Waals surface area contributed by atoms with Gasteiger partial charge in [-0.15, -0.1) is 0 Å². The van der Waals surface area contributed by atoms with Crippen molar-refractivity contribution in [3.63, 3.8) is 0 Å². The van der Waals surface area contributed by atoms with Gasteiger partial charge in [0.1, 0.15) is 4.60 Å². The van der Waals surface area contributed by atoms with Gasteiger partial charge in [-0.2, -0.15) is 0 Å². The Morgan fingerprint density at radius 1 is 0.622 bits per heavy atom. The molecule has 0 spiro atoms. The van der Waals surface area contributed by atoms with Crippen LogP contribution >= 0.6 is 15.9 Å². The number of halogens is 1. The van der Waals surface area contributed by atoms with Gasteiger partial charge in [0.2, 0.25) is 0 Å². The van der Waals surface area contributed by atoms with Crippen molar-refractivity contribution in [2.24, 2.45) is 0 Å². The molecule has 3 aromatic heterocycles. The van der Waals surface area contributed by atoms with E-state index in [4.69, 9.17) is 31.4 Å². The molecular formula is C24H27BrN6O6. The van der Waals surface area contributed by atoms with E-state index in [9.17, 15) is 14.4 Å². The largest absolute Gasteiger partial charge is 0.461 e. The first-order valence-electron chi connectivity index (χ1n) is 11.1. The number of anilines is 3. The molecule has 0 atom stereocenters. The minimum Gasteiger partial charge on any atom is -0.461 e. The van der Waals surface area contributed by atoms with E-state index in [1.165, 1.54) is 12.1 Å². The summed E-state index contributed by atoms with van der Waals surface area (Å²) in [6.45, 7) is 5.82. The van der Waals surface area contributed by atoms with Gasteiger partial charge in [0.15, 0.2) is 17.1 Å². The second-order valence-corrected chi connectivity index (χ2v) is 7.81. The maximum atomic E-state index is 11.9. The van der Waals surface area contributed by atoms with Crippen molar-refractivity contribution in [1.82, 2.24) is 15.0 Å². The molecule has 37 heavy (non-hydrogen) atoms. The maximum absolute atomic E-state index is 11.9. The van der Waals surface area contributed by atoms with Crippen LogP contribution in [0.2, 0.25) is 0 Å². The summed E-state index contributed by atoms with van der Waals surface area (Å²) in [5.74, 6) is -1.75. The highest BCUT2D eigenvalue weighted by Crippen LogP contribution is 2.22. The standard InChI is InChI=1S/C16H18N4O4.C8H9BrN2O2/c1-3-23-15(21)13-9(17)5-7-11(19-13)12-8-6-10(18)14(20-12)16(22)24-4-2;1-2-13-8(12)7-5(10)3-4-6(9)11-7/h5-8H,3-4,17-18H2,1-2H3;3-4H,2,10H2,1H3. The fourth-order valence-corrected chi connectivity index (χ4v) is 3.07. The number of pyridine rings is 3. The number of ether oxygens (including phenoxy) is 3. The third-order valence-corrected chi connectivity index (χ3v) is 4.86. The van der Waals surface area contributed by atoms with Gasteiger partial charge in [0.25, 0.3) is 0 Å². The molecule has 0 aliphatic heterocycles. The Balaban J connectivity index is 0.000000312. The molecule has 3 rings (SSSR count). The summed E-state index contributed by atoms with van der Waals surface area (Å²) in [5.41, 5.74) is 18.6. The van der Waals surface area contributed by atoms with Crippen molar-refractivity contribution < 1.29 is 28.6 Å². The summed E-state index contributed by atoms with van der Waals surface area (Å²) in [4.78, 5) is 47.3. The smallest absolute Gasteiger partial charge is 0.359 e. The second-order valence-electron chi connectivity index (χ2n) is 7.00. The number of esters is 3. The summed E-state index contributed by atoms with van der Waals surface area (Å²) in [6, 6.07) is 9.49.